The molecule has 0 saturated carbocycles. The fourth-order valence-corrected chi connectivity index (χ4v) is 4.45. The molecule has 2 N–H and O–H groups in total. The highest BCUT2D eigenvalue weighted by atomic mass is 16.5. The summed E-state index contributed by atoms with van der Waals surface area (Å²) >= 11 is 0. The maximum absolute atomic E-state index is 13.3. The molecule has 7 nitrogen and oxygen atoms in total. The van der Waals surface area contributed by atoms with Crippen LogP contribution in [-0.2, 0) is 38.6 Å². The predicted molar refractivity (Wildman–Crippen MR) is 137 cm³/mol. The van der Waals surface area contributed by atoms with E-state index in [0.29, 0.717) is 32.2 Å². The van der Waals surface area contributed by atoms with E-state index >= 15 is 0 Å². The van der Waals surface area contributed by atoms with Gasteiger partial charge in [-0.05, 0) is 54.7 Å². The molecule has 2 atom stereocenters. The average Bonchev–Trinajstić information content (AvgIpc) is 2.86. The molecule has 0 fully saturated rings. The molecule has 3 rings (SSSR count). The Morgan fingerprint density at radius 1 is 1.03 bits per heavy atom. The summed E-state index contributed by atoms with van der Waals surface area (Å²) in [6.07, 6.45) is 2.16. The average molecular weight is 493 g/mol. The summed E-state index contributed by atoms with van der Waals surface area (Å²) in [5, 5.41) is 5.38. The Bertz CT molecular complexity index is 1050. The van der Waals surface area contributed by atoms with Crippen molar-refractivity contribution in [3.8, 4) is 0 Å². The normalized spacial score (nSPS) is 17.4. The van der Waals surface area contributed by atoms with Crippen molar-refractivity contribution in [3.63, 3.8) is 0 Å². The van der Waals surface area contributed by atoms with Gasteiger partial charge >= 0.3 is 6.09 Å². The molecular formula is C29H36N2O5. The van der Waals surface area contributed by atoms with Crippen molar-refractivity contribution in [1.82, 2.24) is 10.6 Å². The number of Topliss-reactive ketones (excluding diaryl/α,β-unsaturated/α-hetero) is 2. The third-order valence-corrected chi connectivity index (χ3v) is 6.35. The third-order valence-electron chi connectivity index (χ3n) is 6.35. The van der Waals surface area contributed by atoms with Crippen molar-refractivity contribution in [3.05, 3.63) is 71.3 Å². The maximum atomic E-state index is 13.3. The molecule has 192 valence electrons. The Morgan fingerprint density at radius 2 is 1.75 bits per heavy atom. The highest BCUT2D eigenvalue weighted by Gasteiger charge is 2.31. The number of aryl methyl sites for hydroxylation is 1. The molecule has 1 aliphatic rings. The lowest BCUT2D eigenvalue weighted by atomic mass is 9.87. The first kappa shape index (κ1) is 27.1. The molecule has 0 aromatic heterocycles. The number of ether oxygens (including phenoxy) is 1. The first-order valence-electron chi connectivity index (χ1n) is 12.7. The minimum Gasteiger partial charge on any atom is -0.445 e. The molecule has 0 aliphatic carbocycles. The fourth-order valence-electron chi connectivity index (χ4n) is 4.45. The smallest absolute Gasteiger partial charge is 0.408 e. The van der Waals surface area contributed by atoms with Crippen LogP contribution in [0.25, 0.3) is 0 Å². The SMILES string of the molecule is CC(C)CC(NC(=O)OCc1ccccc1)C(=O)CC1CCCc2cccc(c2)CCNC(=O)C1=O. The second kappa shape index (κ2) is 13.6. The van der Waals surface area contributed by atoms with Gasteiger partial charge in [-0.3, -0.25) is 14.4 Å². The van der Waals surface area contributed by atoms with Gasteiger partial charge in [-0.2, -0.15) is 0 Å². The molecule has 2 aromatic rings. The number of amides is 2. The highest BCUT2D eigenvalue weighted by Crippen LogP contribution is 2.20. The predicted octanol–water partition coefficient (Wildman–Crippen LogP) is 4.17. The van der Waals surface area contributed by atoms with Crippen molar-refractivity contribution in [1.29, 1.82) is 0 Å². The van der Waals surface area contributed by atoms with Gasteiger partial charge in [0.05, 0.1) is 6.04 Å². The molecule has 7 heteroatoms. The van der Waals surface area contributed by atoms with E-state index < -0.39 is 29.7 Å². The van der Waals surface area contributed by atoms with E-state index in [2.05, 4.69) is 22.8 Å². The second-order valence-electron chi connectivity index (χ2n) is 9.84. The molecule has 0 saturated heterocycles. The van der Waals surface area contributed by atoms with Crippen LogP contribution in [0.5, 0.6) is 0 Å². The Hall–Kier alpha value is -3.48. The zero-order valence-corrected chi connectivity index (χ0v) is 21.1. The van der Waals surface area contributed by atoms with Crippen molar-refractivity contribution in [2.45, 2.75) is 65.0 Å². The summed E-state index contributed by atoms with van der Waals surface area (Å²) in [6.45, 7) is 4.37. The van der Waals surface area contributed by atoms with E-state index in [1.165, 1.54) is 5.56 Å². The van der Waals surface area contributed by atoms with Gasteiger partial charge in [0.25, 0.3) is 5.91 Å². The number of carbonyl (C=O) groups excluding carboxylic acids is 4. The standard InChI is InChI=1S/C29H36N2O5/c1-20(2)16-25(31-29(35)36-19-23-8-4-3-5-9-23)26(32)18-24-13-7-12-21-10-6-11-22(17-21)14-15-30-28(34)27(24)33/h3-6,8-11,17,20,24-25H,7,12-16,18-19H2,1-2H3,(H,30,34)(H,31,35). The second-order valence-corrected chi connectivity index (χ2v) is 9.84. The molecule has 1 aliphatic heterocycles. The van der Waals surface area contributed by atoms with Gasteiger partial charge in [-0.15, -0.1) is 0 Å². The lowest BCUT2D eigenvalue weighted by Crippen LogP contribution is -2.44. The van der Waals surface area contributed by atoms with Crippen LogP contribution in [0.3, 0.4) is 0 Å². The lowest BCUT2D eigenvalue weighted by Gasteiger charge is -2.22. The van der Waals surface area contributed by atoms with Gasteiger partial charge in [-0.25, -0.2) is 4.79 Å². The number of alkyl carbamates (subject to hydrolysis) is 1. The number of hydrogen-bond acceptors (Lipinski definition) is 5. The number of hydrogen-bond donors (Lipinski definition) is 2. The van der Waals surface area contributed by atoms with Crippen molar-refractivity contribution in [2.24, 2.45) is 11.8 Å². The van der Waals surface area contributed by atoms with Crippen LogP contribution in [-0.4, -0.2) is 36.2 Å². The van der Waals surface area contributed by atoms with Gasteiger partial charge in [0.1, 0.15) is 6.61 Å². The lowest BCUT2D eigenvalue weighted by molar-refractivity contribution is -0.141. The number of ketones is 2. The van der Waals surface area contributed by atoms with Gasteiger partial charge in [-0.1, -0.05) is 68.4 Å². The van der Waals surface area contributed by atoms with Gasteiger partial charge in [0, 0.05) is 18.9 Å². The van der Waals surface area contributed by atoms with Crippen LogP contribution in [0.1, 0.15) is 56.2 Å². The number of benzene rings is 2. The highest BCUT2D eigenvalue weighted by molar-refractivity contribution is 6.37. The Labute approximate surface area is 213 Å². The van der Waals surface area contributed by atoms with Crippen LogP contribution >= 0.6 is 0 Å². The molecule has 2 bridgehead atoms. The molecular weight excluding hydrogens is 456 g/mol. The molecule has 2 unspecified atom stereocenters. The van der Waals surface area contributed by atoms with Crippen LogP contribution in [0.4, 0.5) is 4.79 Å². The third kappa shape index (κ3) is 8.63. The van der Waals surface area contributed by atoms with Crippen molar-refractivity contribution in [2.75, 3.05) is 6.54 Å². The summed E-state index contributed by atoms with van der Waals surface area (Å²) < 4.78 is 5.30. The first-order valence-corrected chi connectivity index (χ1v) is 12.7. The van der Waals surface area contributed by atoms with E-state index in [-0.39, 0.29) is 24.7 Å². The van der Waals surface area contributed by atoms with Gasteiger partial charge < -0.3 is 15.4 Å². The minimum atomic E-state index is -0.790. The minimum absolute atomic E-state index is 0.0946. The van der Waals surface area contributed by atoms with Crippen LogP contribution in [0.2, 0.25) is 0 Å². The number of nitrogens with one attached hydrogen (secondary N) is 2. The molecule has 0 spiro atoms. The zero-order chi connectivity index (χ0) is 25.9. The summed E-state index contributed by atoms with van der Waals surface area (Å²) in [7, 11) is 0. The van der Waals surface area contributed by atoms with Gasteiger partial charge in [0.2, 0.25) is 5.78 Å². The van der Waals surface area contributed by atoms with E-state index in [4.69, 9.17) is 4.74 Å². The molecule has 2 amide bonds. The summed E-state index contributed by atoms with van der Waals surface area (Å²) in [4.78, 5) is 51.2. The zero-order valence-electron chi connectivity index (χ0n) is 21.1. The number of rotatable bonds is 8. The molecule has 36 heavy (non-hydrogen) atoms. The van der Waals surface area contributed by atoms with E-state index in [1.54, 1.807) is 0 Å². The summed E-state index contributed by atoms with van der Waals surface area (Å²) in [6, 6.07) is 16.7. The maximum Gasteiger partial charge on any atom is 0.408 e. The Morgan fingerprint density at radius 3 is 2.47 bits per heavy atom. The molecule has 1 heterocycles. The summed E-state index contributed by atoms with van der Waals surface area (Å²) in [5.41, 5.74) is 3.14. The fraction of sp³-hybridized carbons (Fsp3) is 0.448. The largest absolute Gasteiger partial charge is 0.445 e. The van der Waals surface area contributed by atoms with E-state index in [0.717, 1.165) is 17.5 Å². The first-order chi connectivity index (χ1) is 17.3. The number of fused-ring (bicyclic) bond motifs is 2. The topological polar surface area (TPSA) is 102 Å². The molecule has 2 aromatic carbocycles. The Balaban J connectivity index is 1.65. The number of carbonyl (C=O) groups is 4. The van der Waals surface area contributed by atoms with E-state index in [9.17, 15) is 19.2 Å². The Kier molecular flexibility index (Phi) is 10.2. The van der Waals surface area contributed by atoms with Crippen LogP contribution < -0.4 is 10.6 Å². The summed E-state index contributed by atoms with van der Waals surface area (Å²) in [5.74, 6) is -2.07. The van der Waals surface area contributed by atoms with Gasteiger partial charge in [0.15, 0.2) is 5.78 Å². The monoisotopic (exact) mass is 492 g/mol. The van der Waals surface area contributed by atoms with Crippen molar-refractivity contribution < 1.29 is 23.9 Å². The van der Waals surface area contributed by atoms with Crippen LogP contribution in [0, 0.1) is 11.8 Å². The molecule has 0 radical (unpaired) electrons. The quantitative estimate of drug-likeness (QED) is 0.539. The van der Waals surface area contributed by atoms with Crippen molar-refractivity contribution >= 4 is 23.6 Å². The van der Waals surface area contributed by atoms with E-state index in [1.807, 2.05) is 56.3 Å². The van der Waals surface area contributed by atoms with Crippen LogP contribution in [0.15, 0.2) is 54.6 Å².